The van der Waals surface area contributed by atoms with Crippen molar-refractivity contribution in [2.75, 3.05) is 25.1 Å². The summed E-state index contributed by atoms with van der Waals surface area (Å²) in [6, 6.07) is 5.23. The lowest BCUT2D eigenvalue weighted by Crippen LogP contribution is -2.33. The highest BCUT2D eigenvalue weighted by atomic mass is 35.5. The van der Waals surface area contributed by atoms with E-state index in [1.54, 1.807) is 42.9 Å². The van der Waals surface area contributed by atoms with Gasteiger partial charge in [0.25, 0.3) is 17.2 Å². The Morgan fingerprint density at radius 2 is 1.97 bits per heavy atom. The summed E-state index contributed by atoms with van der Waals surface area (Å²) in [5.74, 6) is -0.0292. The summed E-state index contributed by atoms with van der Waals surface area (Å²) >= 11 is 4.04. The van der Waals surface area contributed by atoms with Crippen LogP contribution in [0.15, 0.2) is 24.4 Å². The van der Waals surface area contributed by atoms with E-state index >= 15 is 0 Å². The lowest BCUT2D eigenvalue weighted by Gasteiger charge is -2.18. The Balaban J connectivity index is 2.16. The van der Waals surface area contributed by atoms with Crippen LogP contribution >= 0.6 is 11.6 Å². The van der Waals surface area contributed by atoms with Crippen molar-refractivity contribution < 1.29 is 23.1 Å². The minimum Gasteiger partial charge on any atom is -0.449 e. The molecule has 2 amide bonds. The number of aryl methyl sites for hydroxylation is 1. The van der Waals surface area contributed by atoms with Crippen LogP contribution in [0, 0.1) is 6.92 Å². The van der Waals surface area contributed by atoms with Crippen molar-refractivity contribution in [1.82, 2.24) is 13.9 Å². The molecule has 0 saturated heterocycles. The normalized spacial score (nSPS) is 11.8. The number of carbonyl (C=O) groups is 2. The van der Waals surface area contributed by atoms with Gasteiger partial charge in [-0.2, -0.15) is 0 Å². The topological polar surface area (TPSA) is 105 Å². The van der Waals surface area contributed by atoms with Gasteiger partial charge in [0.1, 0.15) is 11.5 Å². The van der Waals surface area contributed by atoms with Crippen LogP contribution in [0.5, 0.6) is 0 Å². The Labute approximate surface area is 202 Å². The maximum absolute atomic E-state index is 12.7. The minimum absolute atomic E-state index is 0.0949. The maximum atomic E-state index is 12.7. The second kappa shape index (κ2) is 12.7. The van der Waals surface area contributed by atoms with Crippen LogP contribution < -0.4 is 4.90 Å². The van der Waals surface area contributed by atoms with Crippen molar-refractivity contribution >= 4 is 40.6 Å². The van der Waals surface area contributed by atoms with E-state index in [1.807, 2.05) is 13.8 Å². The van der Waals surface area contributed by atoms with Gasteiger partial charge < -0.3 is 9.30 Å². The van der Waals surface area contributed by atoms with Gasteiger partial charge in [0, 0.05) is 30.5 Å². The van der Waals surface area contributed by atoms with Crippen LogP contribution in [0.4, 0.5) is 10.5 Å². The van der Waals surface area contributed by atoms with Gasteiger partial charge in [-0.3, -0.25) is 14.2 Å². The average molecular weight is 499 g/mol. The zero-order valence-electron chi connectivity index (χ0n) is 19.4. The summed E-state index contributed by atoms with van der Waals surface area (Å²) in [6.07, 6.45) is 4.25. The molecule has 0 fully saturated rings. The fraction of sp³-hybridized carbons (Fsp3) is 0.500. The Morgan fingerprint density at radius 3 is 2.58 bits per heavy atom. The number of hydrogen-bond acceptors (Lipinski definition) is 5. The number of anilines is 1. The molecule has 0 radical (unpaired) electrons. The number of rotatable bonds is 11. The first-order valence-electron chi connectivity index (χ1n) is 10.8. The third-order valence-corrected chi connectivity index (χ3v) is 6.12. The van der Waals surface area contributed by atoms with Gasteiger partial charge in [0.2, 0.25) is 0 Å². The van der Waals surface area contributed by atoms with Gasteiger partial charge in [0.05, 0.1) is 13.2 Å². The van der Waals surface area contributed by atoms with Gasteiger partial charge in [-0.25, -0.2) is 18.3 Å². The lowest BCUT2D eigenvalue weighted by molar-refractivity contribution is 0.0853. The van der Waals surface area contributed by atoms with Crippen molar-refractivity contribution in [1.29, 1.82) is 0 Å². The summed E-state index contributed by atoms with van der Waals surface area (Å²) in [5, 5.41) is 0.446. The Bertz CT molecular complexity index is 997. The van der Waals surface area contributed by atoms with Gasteiger partial charge in [0.15, 0.2) is 0 Å². The molecule has 0 saturated carbocycles. The molecule has 2 aromatic rings. The molecular formula is C22H31ClN4O5S. The molecule has 0 aliphatic carbocycles. The first-order chi connectivity index (χ1) is 15.7. The summed E-state index contributed by atoms with van der Waals surface area (Å²) in [6.45, 7) is 6.55. The molecular weight excluding hydrogens is 468 g/mol. The van der Waals surface area contributed by atoms with Crippen LogP contribution in [0.2, 0.25) is 5.02 Å². The highest BCUT2D eigenvalue weighted by Crippen LogP contribution is 2.25. The van der Waals surface area contributed by atoms with Gasteiger partial charge >= 0.3 is 6.09 Å². The van der Waals surface area contributed by atoms with Crippen molar-refractivity contribution in [3.63, 3.8) is 0 Å². The summed E-state index contributed by atoms with van der Waals surface area (Å²) < 4.78 is 29.0. The summed E-state index contributed by atoms with van der Waals surface area (Å²) in [5.41, 5.74) is 1.45. The van der Waals surface area contributed by atoms with E-state index in [1.165, 1.54) is 4.90 Å². The molecule has 1 heterocycles. The number of imidazole rings is 1. The van der Waals surface area contributed by atoms with Crippen molar-refractivity contribution in [2.24, 2.45) is 0 Å². The second-order valence-corrected chi connectivity index (χ2v) is 8.90. The number of unbranched alkanes of at least 4 members (excludes halogenated alkanes) is 2. The monoisotopic (exact) mass is 498 g/mol. The maximum Gasteiger partial charge on any atom is 0.414 e. The number of carbonyl (C=O) groups excluding carboxylic acids is 2. The van der Waals surface area contributed by atoms with Crippen LogP contribution in [0.3, 0.4) is 0 Å². The number of hydrogen-bond donors (Lipinski definition) is 1. The zero-order valence-corrected chi connectivity index (χ0v) is 21.0. The van der Waals surface area contributed by atoms with E-state index < -0.39 is 23.3 Å². The fourth-order valence-electron chi connectivity index (χ4n) is 3.10. The van der Waals surface area contributed by atoms with E-state index in [0.717, 1.165) is 29.1 Å². The Morgan fingerprint density at radius 1 is 1.24 bits per heavy atom. The van der Waals surface area contributed by atoms with Crippen LogP contribution in [-0.2, 0) is 22.5 Å². The van der Waals surface area contributed by atoms with Gasteiger partial charge in [-0.1, -0.05) is 44.4 Å². The van der Waals surface area contributed by atoms with Crippen LogP contribution in [0.1, 0.15) is 61.4 Å². The first kappa shape index (κ1) is 26.8. The van der Waals surface area contributed by atoms with Crippen molar-refractivity contribution in [3.05, 3.63) is 46.5 Å². The molecule has 182 valence electrons. The van der Waals surface area contributed by atoms with E-state index in [0.29, 0.717) is 36.1 Å². The van der Waals surface area contributed by atoms with Gasteiger partial charge in [-0.05, 0) is 37.5 Å². The Kier molecular flexibility index (Phi) is 10.3. The third kappa shape index (κ3) is 7.28. The second-order valence-electron chi connectivity index (χ2n) is 7.60. The zero-order chi connectivity index (χ0) is 24.5. The molecule has 0 spiro atoms. The number of ether oxygens (including phenoxy) is 1. The SMILES string of the molecule is CCCCCN(C(=O)c1cn(Cc2ccc(N(C)C(=O)OCCC)cc2Cl)c(C)n1)S(=O)O. The average Bonchev–Trinajstić information content (AvgIpc) is 3.15. The van der Waals surface area contributed by atoms with E-state index in [9.17, 15) is 18.4 Å². The number of halogens is 1. The molecule has 33 heavy (non-hydrogen) atoms. The first-order valence-corrected chi connectivity index (χ1v) is 12.3. The molecule has 0 bridgehead atoms. The molecule has 2 rings (SSSR count). The van der Waals surface area contributed by atoms with E-state index in [2.05, 4.69) is 4.98 Å². The van der Waals surface area contributed by atoms with Crippen molar-refractivity contribution in [3.8, 4) is 0 Å². The molecule has 1 unspecified atom stereocenters. The number of amides is 2. The number of aromatic nitrogens is 2. The Hall–Kier alpha value is -2.43. The third-order valence-electron chi connectivity index (χ3n) is 5.04. The smallest absolute Gasteiger partial charge is 0.414 e. The van der Waals surface area contributed by atoms with Crippen LogP contribution in [-0.4, -0.2) is 54.8 Å². The molecule has 1 aromatic carbocycles. The predicted molar refractivity (Wildman–Crippen MR) is 129 cm³/mol. The predicted octanol–water partition coefficient (Wildman–Crippen LogP) is 4.65. The van der Waals surface area contributed by atoms with E-state index in [4.69, 9.17) is 16.3 Å². The molecule has 1 atom stereocenters. The highest BCUT2D eigenvalue weighted by molar-refractivity contribution is 7.77. The highest BCUT2D eigenvalue weighted by Gasteiger charge is 2.23. The minimum atomic E-state index is -2.42. The number of benzene rings is 1. The molecule has 11 heteroatoms. The fourth-order valence-corrected chi connectivity index (χ4v) is 3.86. The lowest BCUT2D eigenvalue weighted by atomic mass is 10.2. The quantitative estimate of drug-likeness (QED) is 0.357. The molecule has 1 aromatic heterocycles. The van der Waals surface area contributed by atoms with Gasteiger partial charge in [-0.15, -0.1) is 0 Å². The molecule has 0 aliphatic heterocycles. The standard InChI is InChI=1S/C22H31ClN4O5S/c1-5-7-8-11-27(33(30)31)21(28)20-15-26(16(3)24-20)14-17-9-10-18(13-19(17)23)25(4)22(29)32-12-6-2/h9-10,13,15H,5-8,11-12,14H2,1-4H3,(H,30,31). The summed E-state index contributed by atoms with van der Waals surface area (Å²) in [4.78, 5) is 30.5. The van der Waals surface area contributed by atoms with E-state index in [-0.39, 0.29) is 12.2 Å². The largest absolute Gasteiger partial charge is 0.449 e. The molecule has 1 N–H and O–H groups in total. The van der Waals surface area contributed by atoms with Crippen molar-refractivity contribution in [2.45, 2.75) is 53.0 Å². The summed E-state index contributed by atoms with van der Waals surface area (Å²) in [7, 11) is 1.61. The van der Waals surface area contributed by atoms with Crippen LogP contribution in [0.25, 0.3) is 0 Å². The number of nitrogens with zero attached hydrogens (tertiary/aromatic N) is 4. The molecule has 0 aliphatic rings. The molecule has 9 nitrogen and oxygen atoms in total.